The molecule has 0 saturated carbocycles. The van der Waals surface area contributed by atoms with Crippen molar-refractivity contribution in [1.29, 1.82) is 0 Å². The van der Waals surface area contributed by atoms with Gasteiger partial charge in [-0.15, -0.1) is 10.2 Å². The Balaban J connectivity index is 1.44. The van der Waals surface area contributed by atoms with Gasteiger partial charge in [0.05, 0.1) is 16.2 Å². The van der Waals surface area contributed by atoms with Crippen LogP contribution in [0.25, 0.3) is 5.82 Å². The number of aryl methyl sites for hydroxylation is 1. The first-order valence-electron chi connectivity index (χ1n) is 9.44. The lowest BCUT2D eigenvalue weighted by Gasteiger charge is -2.11. The van der Waals surface area contributed by atoms with Gasteiger partial charge in [-0.3, -0.25) is 4.72 Å². The van der Waals surface area contributed by atoms with E-state index in [9.17, 15) is 21.6 Å². The van der Waals surface area contributed by atoms with Crippen LogP contribution < -0.4 is 9.46 Å². The van der Waals surface area contributed by atoms with Crippen molar-refractivity contribution >= 4 is 15.7 Å². The summed E-state index contributed by atoms with van der Waals surface area (Å²) in [7, 11) is -4.22. The van der Waals surface area contributed by atoms with Gasteiger partial charge in [-0.05, 0) is 61.5 Å². The summed E-state index contributed by atoms with van der Waals surface area (Å²) in [5, 5.41) is 12.2. The highest BCUT2D eigenvalue weighted by molar-refractivity contribution is 7.92. The Hall–Kier alpha value is -3.93. The molecule has 4 rings (SSSR count). The number of aromatic nitrogens is 4. The molecular formula is C21H16F3N5O3S. The van der Waals surface area contributed by atoms with Crippen LogP contribution in [0.2, 0.25) is 0 Å². The number of anilines is 1. The third-order valence-electron chi connectivity index (χ3n) is 4.38. The van der Waals surface area contributed by atoms with Crippen LogP contribution in [0, 0.1) is 6.92 Å². The van der Waals surface area contributed by atoms with Crippen molar-refractivity contribution in [2.45, 2.75) is 18.0 Å². The van der Waals surface area contributed by atoms with Crippen molar-refractivity contribution in [3.8, 4) is 17.4 Å². The van der Waals surface area contributed by atoms with Crippen molar-refractivity contribution in [3.05, 3.63) is 84.2 Å². The van der Waals surface area contributed by atoms with E-state index in [1.54, 1.807) is 23.0 Å². The van der Waals surface area contributed by atoms with E-state index in [4.69, 9.17) is 4.74 Å². The Morgan fingerprint density at radius 3 is 2.33 bits per heavy atom. The molecule has 0 spiro atoms. The van der Waals surface area contributed by atoms with E-state index in [0.29, 0.717) is 17.6 Å². The van der Waals surface area contributed by atoms with Crippen molar-refractivity contribution < 1.29 is 26.3 Å². The van der Waals surface area contributed by atoms with Crippen LogP contribution in [0.15, 0.2) is 77.8 Å². The number of ether oxygens (including phenoxy) is 1. The van der Waals surface area contributed by atoms with E-state index >= 15 is 0 Å². The van der Waals surface area contributed by atoms with E-state index < -0.39 is 26.7 Å². The van der Waals surface area contributed by atoms with Gasteiger partial charge < -0.3 is 4.74 Å². The molecule has 0 saturated heterocycles. The van der Waals surface area contributed by atoms with Crippen LogP contribution in [-0.2, 0) is 16.2 Å². The fourth-order valence-electron chi connectivity index (χ4n) is 2.80. The number of rotatable bonds is 6. The van der Waals surface area contributed by atoms with Crippen LogP contribution in [-0.4, -0.2) is 28.4 Å². The van der Waals surface area contributed by atoms with Crippen LogP contribution in [0.4, 0.5) is 18.9 Å². The molecule has 0 radical (unpaired) electrons. The number of sulfonamides is 1. The van der Waals surface area contributed by atoms with Crippen molar-refractivity contribution in [2.75, 3.05) is 4.72 Å². The van der Waals surface area contributed by atoms with E-state index in [1.165, 1.54) is 24.3 Å². The predicted octanol–water partition coefficient (Wildman–Crippen LogP) is 4.58. The van der Waals surface area contributed by atoms with E-state index in [2.05, 4.69) is 20.0 Å². The molecule has 2 aromatic carbocycles. The minimum absolute atomic E-state index is 0.148. The molecule has 0 fully saturated rings. The summed E-state index contributed by atoms with van der Waals surface area (Å²) in [6, 6.07) is 14.4. The second-order valence-electron chi connectivity index (χ2n) is 6.89. The normalized spacial score (nSPS) is 11.9. The van der Waals surface area contributed by atoms with Gasteiger partial charge in [-0.1, -0.05) is 6.07 Å². The molecule has 0 aliphatic heterocycles. The lowest BCUT2D eigenvalue weighted by molar-refractivity contribution is -0.137. The molecule has 0 amide bonds. The molecule has 0 atom stereocenters. The number of hydrogen-bond acceptors (Lipinski definition) is 6. The first kappa shape index (κ1) is 22.3. The van der Waals surface area contributed by atoms with Gasteiger partial charge >= 0.3 is 6.18 Å². The first-order chi connectivity index (χ1) is 15.6. The molecule has 8 nitrogen and oxygen atoms in total. The Morgan fingerprint density at radius 2 is 1.73 bits per heavy atom. The molecule has 2 heterocycles. The van der Waals surface area contributed by atoms with Gasteiger partial charge in [0.1, 0.15) is 5.75 Å². The monoisotopic (exact) mass is 475 g/mol. The molecule has 2 aromatic heterocycles. The number of nitrogens with zero attached hydrogens (tertiary/aromatic N) is 4. The zero-order chi connectivity index (χ0) is 23.6. The zero-order valence-corrected chi connectivity index (χ0v) is 17.8. The fraction of sp³-hybridized carbons (Fsp3) is 0.0952. The second kappa shape index (κ2) is 8.54. The van der Waals surface area contributed by atoms with Gasteiger partial charge in [-0.25, -0.2) is 13.1 Å². The number of hydrogen-bond donors (Lipinski definition) is 1. The maximum Gasteiger partial charge on any atom is 0.416 e. The van der Waals surface area contributed by atoms with E-state index in [0.717, 1.165) is 23.9 Å². The molecule has 0 bridgehead atoms. The van der Waals surface area contributed by atoms with Crippen molar-refractivity contribution in [3.63, 3.8) is 0 Å². The smallest absolute Gasteiger partial charge is 0.416 e. The lowest BCUT2D eigenvalue weighted by Crippen LogP contribution is -2.14. The molecule has 0 aliphatic rings. The summed E-state index contributed by atoms with van der Waals surface area (Å²) in [5.41, 5.74) is -0.0694. The molecule has 0 aliphatic carbocycles. The SMILES string of the molecule is Cc1ccn(-c2ccc(Oc3ccc(NS(=O)(=O)c4cccc(C(F)(F)F)c4)cc3)nn2)n1. The summed E-state index contributed by atoms with van der Waals surface area (Å²) in [6.45, 7) is 1.85. The average Bonchev–Trinajstić information content (AvgIpc) is 3.21. The molecule has 12 heteroatoms. The Labute approximate surface area is 186 Å². The third kappa shape index (κ3) is 5.29. The molecule has 4 aromatic rings. The topological polar surface area (TPSA) is 99.0 Å². The summed E-state index contributed by atoms with van der Waals surface area (Å²) in [6.07, 6.45) is -2.90. The maximum atomic E-state index is 12.9. The summed E-state index contributed by atoms with van der Waals surface area (Å²) in [5.74, 6) is 1.07. The number of benzene rings is 2. The second-order valence-corrected chi connectivity index (χ2v) is 8.57. The average molecular weight is 475 g/mol. The molecular weight excluding hydrogens is 459 g/mol. The summed E-state index contributed by atoms with van der Waals surface area (Å²) in [4.78, 5) is -0.500. The number of halogens is 3. The Bertz CT molecular complexity index is 1370. The third-order valence-corrected chi connectivity index (χ3v) is 5.76. The number of nitrogens with one attached hydrogen (secondary N) is 1. The first-order valence-corrected chi connectivity index (χ1v) is 10.9. The van der Waals surface area contributed by atoms with E-state index in [1.807, 2.05) is 13.0 Å². The summed E-state index contributed by atoms with van der Waals surface area (Å²) < 4.78 is 73.0. The predicted molar refractivity (Wildman–Crippen MR) is 113 cm³/mol. The largest absolute Gasteiger partial charge is 0.438 e. The van der Waals surface area contributed by atoms with Gasteiger partial charge in [0.15, 0.2) is 5.82 Å². The molecule has 33 heavy (non-hydrogen) atoms. The van der Waals surface area contributed by atoms with Gasteiger partial charge in [0.2, 0.25) is 5.88 Å². The quantitative estimate of drug-likeness (QED) is 0.438. The van der Waals surface area contributed by atoms with Gasteiger partial charge in [0.25, 0.3) is 10.0 Å². The van der Waals surface area contributed by atoms with Gasteiger partial charge in [-0.2, -0.15) is 18.3 Å². The highest BCUT2D eigenvalue weighted by Gasteiger charge is 2.31. The highest BCUT2D eigenvalue weighted by atomic mass is 32.2. The minimum Gasteiger partial charge on any atom is -0.438 e. The van der Waals surface area contributed by atoms with Gasteiger partial charge in [0, 0.05) is 18.0 Å². The van der Waals surface area contributed by atoms with E-state index in [-0.39, 0.29) is 11.6 Å². The molecule has 1 N–H and O–H groups in total. The highest BCUT2D eigenvalue weighted by Crippen LogP contribution is 2.31. The summed E-state index contributed by atoms with van der Waals surface area (Å²) >= 11 is 0. The van der Waals surface area contributed by atoms with Crippen LogP contribution in [0.5, 0.6) is 11.6 Å². The Kier molecular flexibility index (Phi) is 5.77. The number of alkyl halides is 3. The standard InChI is InChI=1S/C21H16F3N5O3S/c1-14-11-12-29(27-14)19-9-10-20(26-25-19)32-17-7-5-16(6-8-17)28-33(30,31)18-4-2-3-15(13-18)21(22,23)24/h2-13,28H,1H3. The lowest BCUT2D eigenvalue weighted by atomic mass is 10.2. The molecule has 170 valence electrons. The Morgan fingerprint density at radius 1 is 0.970 bits per heavy atom. The zero-order valence-electron chi connectivity index (χ0n) is 17.0. The van der Waals surface area contributed by atoms with Crippen LogP contribution in [0.3, 0.4) is 0 Å². The van der Waals surface area contributed by atoms with Crippen molar-refractivity contribution in [1.82, 2.24) is 20.0 Å². The van der Waals surface area contributed by atoms with Crippen molar-refractivity contribution in [2.24, 2.45) is 0 Å². The molecule has 0 unspecified atom stereocenters. The fourth-order valence-corrected chi connectivity index (χ4v) is 3.90. The maximum absolute atomic E-state index is 12.9. The minimum atomic E-state index is -4.65. The van der Waals surface area contributed by atoms with Crippen LogP contribution in [0.1, 0.15) is 11.3 Å². The van der Waals surface area contributed by atoms with Crippen LogP contribution >= 0.6 is 0 Å².